The molecule has 0 radical (unpaired) electrons. The van der Waals surface area contributed by atoms with Crippen molar-refractivity contribution in [3.63, 3.8) is 0 Å². The van der Waals surface area contributed by atoms with E-state index in [1.165, 1.54) is 4.90 Å². The first-order valence-electron chi connectivity index (χ1n) is 7.15. The Labute approximate surface area is 140 Å². The third-order valence-corrected chi connectivity index (χ3v) is 4.17. The maximum absolute atomic E-state index is 12.7. The van der Waals surface area contributed by atoms with Crippen LogP contribution in [0.5, 0.6) is 0 Å². The van der Waals surface area contributed by atoms with Gasteiger partial charge in [0.05, 0.1) is 5.69 Å². The van der Waals surface area contributed by atoms with Crippen molar-refractivity contribution in [3.8, 4) is 0 Å². The van der Waals surface area contributed by atoms with Crippen LogP contribution in [0.25, 0.3) is 0 Å². The fourth-order valence-corrected chi connectivity index (χ4v) is 2.67. The normalized spacial score (nSPS) is 17.4. The summed E-state index contributed by atoms with van der Waals surface area (Å²) in [7, 11) is 0. The van der Waals surface area contributed by atoms with E-state index >= 15 is 0 Å². The average molecular weight is 337 g/mol. The zero-order valence-corrected chi connectivity index (χ0v) is 14.0. The lowest BCUT2D eigenvalue weighted by molar-refractivity contribution is -0.122. The monoisotopic (exact) mass is 336 g/mol. The number of hydrogen-bond acceptors (Lipinski definition) is 3. The van der Waals surface area contributed by atoms with Crippen molar-refractivity contribution in [2.24, 2.45) is 5.92 Å². The minimum Gasteiger partial charge on any atom is -0.298 e. The van der Waals surface area contributed by atoms with E-state index in [-0.39, 0.29) is 16.6 Å². The van der Waals surface area contributed by atoms with E-state index in [1.807, 2.05) is 13.8 Å². The molecule has 1 aromatic rings. The molecule has 0 aliphatic carbocycles. The molecule has 2 rings (SSSR count). The molecule has 1 aliphatic rings. The maximum Gasteiger partial charge on any atom is 0.269 e. The number of amides is 2. The highest BCUT2D eigenvalue weighted by molar-refractivity contribution is 7.80. The first kappa shape index (κ1) is 16.6. The van der Waals surface area contributed by atoms with Crippen LogP contribution in [0.1, 0.15) is 26.7 Å². The third-order valence-electron chi connectivity index (χ3n) is 3.64. The predicted molar refractivity (Wildman–Crippen MR) is 91.8 cm³/mol. The molecule has 0 saturated carbocycles. The van der Waals surface area contributed by atoms with Gasteiger partial charge in [0.25, 0.3) is 11.8 Å². The number of carbonyl (C=O) groups is 2. The molecule has 1 N–H and O–H groups in total. The van der Waals surface area contributed by atoms with Gasteiger partial charge in [0.1, 0.15) is 5.57 Å². The zero-order valence-electron chi connectivity index (χ0n) is 12.4. The zero-order chi connectivity index (χ0) is 16.3. The van der Waals surface area contributed by atoms with Crippen LogP contribution < -0.4 is 10.2 Å². The molecule has 0 atom stereocenters. The minimum absolute atomic E-state index is 0.0824. The Morgan fingerprint density at radius 1 is 1.23 bits per heavy atom. The number of hydrogen-bond donors (Lipinski definition) is 1. The van der Waals surface area contributed by atoms with Gasteiger partial charge in [0.15, 0.2) is 5.11 Å². The molecule has 0 aromatic heterocycles. The highest BCUT2D eigenvalue weighted by atomic mass is 35.5. The summed E-state index contributed by atoms with van der Waals surface area (Å²) in [6.45, 7) is 4.05. The SMILES string of the molecule is CCC(/C=C1\C(=O)NC(=S)N(c2ccc(Cl)cc2)C1=O)CC. The molecule has 0 unspecified atom stereocenters. The van der Waals surface area contributed by atoms with Gasteiger partial charge in [-0.15, -0.1) is 0 Å². The van der Waals surface area contributed by atoms with Crippen molar-refractivity contribution in [1.29, 1.82) is 0 Å². The van der Waals surface area contributed by atoms with Crippen LogP contribution >= 0.6 is 23.8 Å². The second kappa shape index (κ2) is 7.03. The van der Waals surface area contributed by atoms with Crippen molar-refractivity contribution in [3.05, 3.63) is 40.9 Å². The van der Waals surface area contributed by atoms with Crippen LogP contribution in [-0.2, 0) is 9.59 Å². The Bertz CT molecular complexity index is 636. The van der Waals surface area contributed by atoms with Crippen LogP contribution in [0.15, 0.2) is 35.9 Å². The van der Waals surface area contributed by atoms with Crippen molar-refractivity contribution in [2.45, 2.75) is 26.7 Å². The molecule has 22 heavy (non-hydrogen) atoms. The van der Waals surface area contributed by atoms with E-state index in [4.69, 9.17) is 23.8 Å². The van der Waals surface area contributed by atoms with Gasteiger partial charge in [-0.3, -0.25) is 19.8 Å². The molecule has 1 heterocycles. The predicted octanol–water partition coefficient (Wildman–Crippen LogP) is 3.45. The highest BCUT2D eigenvalue weighted by Gasteiger charge is 2.34. The Balaban J connectivity index is 2.39. The van der Waals surface area contributed by atoms with E-state index in [0.717, 1.165) is 12.8 Å². The van der Waals surface area contributed by atoms with Crippen molar-refractivity contribution in [2.75, 3.05) is 4.90 Å². The van der Waals surface area contributed by atoms with Gasteiger partial charge in [0, 0.05) is 5.02 Å². The summed E-state index contributed by atoms with van der Waals surface area (Å²) in [5.41, 5.74) is 0.715. The lowest BCUT2D eigenvalue weighted by Gasteiger charge is -2.29. The van der Waals surface area contributed by atoms with E-state index in [1.54, 1.807) is 30.3 Å². The van der Waals surface area contributed by atoms with Gasteiger partial charge >= 0.3 is 0 Å². The molecular weight excluding hydrogens is 320 g/mol. The fourth-order valence-electron chi connectivity index (χ4n) is 2.26. The van der Waals surface area contributed by atoms with Gasteiger partial charge < -0.3 is 0 Å². The topological polar surface area (TPSA) is 49.4 Å². The molecule has 2 amide bonds. The quantitative estimate of drug-likeness (QED) is 0.520. The van der Waals surface area contributed by atoms with Crippen LogP contribution in [0.3, 0.4) is 0 Å². The molecule has 6 heteroatoms. The second-order valence-corrected chi connectivity index (χ2v) is 5.86. The molecule has 1 aromatic carbocycles. The highest BCUT2D eigenvalue weighted by Crippen LogP contribution is 2.24. The lowest BCUT2D eigenvalue weighted by Crippen LogP contribution is -2.54. The van der Waals surface area contributed by atoms with E-state index in [9.17, 15) is 9.59 Å². The van der Waals surface area contributed by atoms with Crippen LogP contribution in [0.2, 0.25) is 5.02 Å². The first-order valence-corrected chi connectivity index (χ1v) is 7.93. The largest absolute Gasteiger partial charge is 0.298 e. The van der Waals surface area contributed by atoms with Gasteiger partial charge in [-0.05, 0) is 55.2 Å². The van der Waals surface area contributed by atoms with E-state index in [0.29, 0.717) is 10.7 Å². The Morgan fingerprint density at radius 2 is 1.82 bits per heavy atom. The average Bonchev–Trinajstić information content (AvgIpc) is 2.49. The number of nitrogens with one attached hydrogen (secondary N) is 1. The number of allylic oxidation sites excluding steroid dienone is 1. The number of thiocarbonyl (C=S) groups is 1. The maximum atomic E-state index is 12.7. The molecule has 116 valence electrons. The van der Waals surface area contributed by atoms with Gasteiger partial charge in [0.2, 0.25) is 0 Å². The summed E-state index contributed by atoms with van der Waals surface area (Å²) in [6.07, 6.45) is 3.47. The standard InChI is InChI=1S/C16H17ClN2O2S/c1-3-10(4-2)9-13-14(20)18-16(22)19(15(13)21)12-7-5-11(17)6-8-12/h5-10H,3-4H2,1-2H3,(H,18,20,22)/b13-9+. The lowest BCUT2D eigenvalue weighted by atomic mass is 9.98. The second-order valence-electron chi connectivity index (χ2n) is 5.03. The van der Waals surface area contributed by atoms with Crippen molar-refractivity contribution >= 4 is 46.4 Å². The summed E-state index contributed by atoms with van der Waals surface area (Å²) in [5.74, 6) is -0.654. The summed E-state index contributed by atoms with van der Waals surface area (Å²) in [6, 6.07) is 6.73. The van der Waals surface area contributed by atoms with Crippen molar-refractivity contribution < 1.29 is 9.59 Å². The molecule has 1 fully saturated rings. The summed E-state index contributed by atoms with van der Waals surface area (Å²) >= 11 is 11.0. The number of rotatable bonds is 4. The van der Waals surface area contributed by atoms with Crippen LogP contribution in [0, 0.1) is 5.92 Å². The van der Waals surface area contributed by atoms with Gasteiger partial charge in [-0.1, -0.05) is 31.5 Å². The molecular formula is C16H17ClN2O2S. The number of benzene rings is 1. The Morgan fingerprint density at radius 3 is 2.36 bits per heavy atom. The minimum atomic E-state index is -0.438. The van der Waals surface area contributed by atoms with Crippen molar-refractivity contribution in [1.82, 2.24) is 5.32 Å². The molecule has 1 saturated heterocycles. The Kier molecular flexibility index (Phi) is 5.32. The van der Waals surface area contributed by atoms with E-state index in [2.05, 4.69) is 5.32 Å². The Hall–Kier alpha value is -1.72. The smallest absolute Gasteiger partial charge is 0.269 e. The molecule has 0 spiro atoms. The summed E-state index contributed by atoms with van der Waals surface area (Å²) in [5, 5.41) is 3.22. The number of halogens is 1. The molecule has 1 aliphatic heterocycles. The van der Waals surface area contributed by atoms with E-state index < -0.39 is 11.8 Å². The number of anilines is 1. The van der Waals surface area contributed by atoms with Gasteiger partial charge in [-0.25, -0.2) is 0 Å². The summed E-state index contributed by atoms with van der Waals surface area (Å²) < 4.78 is 0. The van der Waals surface area contributed by atoms with Crippen LogP contribution in [-0.4, -0.2) is 16.9 Å². The third kappa shape index (κ3) is 3.36. The molecule has 4 nitrogen and oxygen atoms in total. The number of carbonyl (C=O) groups excluding carboxylic acids is 2. The molecule has 0 bridgehead atoms. The fraction of sp³-hybridized carbons (Fsp3) is 0.312. The van der Waals surface area contributed by atoms with Gasteiger partial charge in [-0.2, -0.15) is 0 Å². The number of nitrogens with zero attached hydrogens (tertiary/aromatic N) is 1. The van der Waals surface area contributed by atoms with Crippen LogP contribution in [0.4, 0.5) is 5.69 Å². The summed E-state index contributed by atoms with van der Waals surface area (Å²) in [4.78, 5) is 26.1. The first-order chi connectivity index (χ1) is 10.5.